The van der Waals surface area contributed by atoms with E-state index in [9.17, 15) is 35.9 Å². The molecule has 0 fully saturated rings. The molecule has 6 aromatic rings. The molecule has 348 valence electrons. The molecule has 64 heavy (non-hydrogen) atoms. The van der Waals surface area contributed by atoms with Gasteiger partial charge in [0.25, 0.3) is 0 Å². The number of nitrogens with zero attached hydrogens (tertiary/aromatic N) is 9. The Balaban J connectivity index is 0.000000240. The number of carbonyl (C=O) groups excluding carboxylic acids is 2. The van der Waals surface area contributed by atoms with Crippen LogP contribution in [0.2, 0.25) is 25.7 Å². The van der Waals surface area contributed by atoms with Crippen molar-refractivity contribution in [3.8, 4) is 0 Å². The maximum absolute atomic E-state index is 12.5. The predicted molar refractivity (Wildman–Crippen MR) is 236 cm³/mol. The van der Waals surface area contributed by atoms with Crippen LogP contribution in [0.25, 0.3) is 22.1 Å². The van der Waals surface area contributed by atoms with Crippen LogP contribution in [0.4, 0.5) is 47.6 Å². The highest BCUT2D eigenvalue weighted by atomic mass is 28.3. The molecule has 0 bridgehead atoms. The summed E-state index contributed by atoms with van der Waals surface area (Å²) in [5, 5.41) is 6.45. The zero-order valence-electron chi connectivity index (χ0n) is 34.5. The van der Waals surface area contributed by atoms with Gasteiger partial charge >= 0.3 is 24.4 Å². The molecule has 0 radical (unpaired) electrons. The maximum Gasteiger partial charge on any atom is 0.390 e. The molecule has 22 heteroatoms. The molecule has 0 saturated heterocycles. The number of halogens is 6. The highest BCUT2D eigenvalue weighted by Gasteiger charge is 2.30. The largest absolute Gasteiger partial charge is 0.390 e. The molecule has 6 aromatic heterocycles. The average Bonchev–Trinajstić information content (AvgIpc) is 4.03. The Labute approximate surface area is 368 Å². The van der Waals surface area contributed by atoms with Gasteiger partial charge in [0.15, 0.2) is 0 Å². The molecular weight excluding hydrogens is 863 g/mol. The highest BCUT2D eigenvalue weighted by Crippen LogP contribution is 2.31. The van der Waals surface area contributed by atoms with Crippen LogP contribution < -0.4 is 20.4 Å². The first kappa shape index (κ1) is 49.1. The van der Waals surface area contributed by atoms with E-state index in [4.69, 9.17) is 4.74 Å². The van der Waals surface area contributed by atoms with Gasteiger partial charge in [-0.15, -0.1) is 0 Å². The van der Waals surface area contributed by atoms with Gasteiger partial charge in [0.2, 0.25) is 0 Å². The summed E-state index contributed by atoms with van der Waals surface area (Å²) in [6, 6.07) is 7.51. The van der Waals surface area contributed by atoms with Crippen molar-refractivity contribution in [1.82, 2.24) is 49.3 Å². The quantitative estimate of drug-likeness (QED) is 0.0658. The number of H-pyrrole nitrogens is 1. The summed E-state index contributed by atoms with van der Waals surface area (Å²) >= 11 is 0. The molecular formula is C42H56F6N12O3Si. The Bertz CT molecular complexity index is 2500. The number of anilines is 2. The number of rotatable bonds is 11. The van der Waals surface area contributed by atoms with E-state index in [0.29, 0.717) is 45.8 Å². The van der Waals surface area contributed by atoms with Gasteiger partial charge in [-0.3, -0.25) is 9.13 Å². The van der Waals surface area contributed by atoms with Crippen molar-refractivity contribution >= 4 is 53.8 Å². The van der Waals surface area contributed by atoms with E-state index in [1.54, 1.807) is 18.6 Å². The van der Waals surface area contributed by atoms with Gasteiger partial charge in [-0.1, -0.05) is 34.5 Å². The van der Waals surface area contributed by atoms with Gasteiger partial charge in [-0.25, -0.2) is 29.5 Å². The minimum atomic E-state index is -4.31. The number of fused-ring (bicyclic) bond motifs is 4. The maximum atomic E-state index is 12.5. The Morgan fingerprint density at radius 1 is 0.734 bits per heavy atom. The first-order chi connectivity index (χ1) is 29.4. The number of carbonyl (C=O) groups is 2. The number of hydrogen-bond donors (Lipinski definition) is 3. The standard InChI is InChI=1S/C23H31F3N6O2Si.C17H17F3N6O.2CH4/c1-35(2,3)13-12-34-16-31-10-6-18-20(28-15-29-21(18)31)30-9-4-17-5-11-32(19(17)14-30)22(33)27-8-7-23(24,25)26;18-17(19,20)4-6-22-16(27)26-8-3-11-2-7-25(9-13(11)26)15-12-1-5-21-14(12)23-10-24-15;;/h5-6,10-11,15H,4,7-9,12-14,16H2,1-3H3,(H,27,33);1,3,5,8,10H,2,4,6-7,9H2,(H,22,27)(H,21,23,24);2*1H4. The SMILES string of the molecule is C.C.C[Si](C)(C)CCOCn1ccc2c(N3CCc4ccn(C(=O)NCCC(F)(F)F)c4C3)ncnc21.O=C(NCCC(F)(F)F)n1ccc2c1CN(c1ncnc3[nH]ccc13)CC2. The smallest absolute Gasteiger partial charge is 0.361 e. The molecule has 0 unspecified atom stereocenters. The molecule has 0 atom stereocenters. The molecule has 2 amide bonds. The predicted octanol–water partition coefficient (Wildman–Crippen LogP) is 8.72. The van der Waals surface area contributed by atoms with E-state index in [2.05, 4.69) is 60.1 Å². The Hall–Kier alpha value is -5.90. The van der Waals surface area contributed by atoms with Crippen LogP contribution in [0.5, 0.6) is 0 Å². The van der Waals surface area contributed by atoms with E-state index < -0.39 is 58.4 Å². The lowest BCUT2D eigenvalue weighted by Crippen LogP contribution is -2.36. The summed E-state index contributed by atoms with van der Waals surface area (Å²) < 4.78 is 84.8. The normalized spacial score (nSPS) is 14.0. The molecule has 0 aliphatic carbocycles. The first-order valence-electron chi connectivity index (χ1n) is 20.2. The van der Waals surface area contributed by atoms with Gasteiger partial charge in [0.05, 0.1) is 36.7 Å². The van der Waals surface area contributed by atoms with Gasteiger partial charge in [-0.2, -0.15) is 26.3 Å². The van der Waals surface area contributed by atoms with Crippen molar-refractivity contribution < 1.29 is 40.7 Å². The van der Waals surface area contributed by atoms with Crippen molar-refractivity contribution in [2.24, 2.45) is 0 Å². The summed E-state index contributed by atoms with van der Waals surface area (Å²) in [4.78, 5) is 49.5. The molecule has 0 saturated carbocycles. The lowest BCUT2D eigenvalue weighted by molar-refractivity contribution is -0.133. The number of hydrogen-bond acceptors (Lipinski definition) is 9. The molecule has 8 heterocycles. The van der Waals surface area contributed by atoms with E-state index >= 15 is 0 Å². The van der Waals surface area contributed by atoms with Crippen molar-refractivity contribution in [2.75, 3.05) is 42.6 Å². The van der Waals surface area contributed by atoms with Crippen LogP contribution in [0.3, 0.4) is 0 Å². The molecule has 2 aliphatic rings. The van der Waals surface area contributed by atoms with Crippen LogP contribution in [0, 0.1) is 0 Å². The number of aromatic nitrogens is 8. The molecule has 3 N–H and O–H groups in total. The fourth-order valence-electron chi connectivity index (χ4n) is 7.39. The van der Waals surface area contributed by atoms with Crippen molar-refractivity contribution in [3.05, 3.63) is 84.2 Å². The van der Waals surface area contributed by atoms with Crippen molar-refractivity contribution in [1.29, 1.82) is 0 Å². The second kappa shape index (κ2) is 20.3. The molecule has 15 nitrogen and oxygen atoms in total. The Morgan fingerprint density at radius 3 is 1.80 bits per heavy atom. The molecule has 8 rings (SSSR count). The second-order valence-corrected chi connectivity index (χ2v) is 22.0. The summed E-state index contributed by atoms with van der Waals surface area (Å²) in [5.41, 5.74) is 5.03. The number of aromatic amines is 1. The zero-order valence-corrected chi connectivity index (χ0v) is 35.5. The Kier molecular flexibility index (Phi) is 15.6. The van der Waals surface area contributed by atoms with E-state index in [1.807, 2.05) is 39.9 Å². The van der Waals surface area contributed by atoms with Gasteiger partial charge in [-0.05, 0) is 54.3 Å². The minimum absolute atomic E-state index is 0. The van der Waals surface area contributed by atoms with Crippen LogP contribution in [0.1, 0.15) is 50.2 Å². The lowest BCUT2D eigenvalue weighted by Gasteiger charge is -2.29. The Morgan fingerprint density at radius 2 is 1.27 bits per heavy atom. The fraction of sp³-hybridized carbons (Fsp3) is 0.476. The summed E-state index contributed by atoms with van der Waals surface area (Å²) in [7, 11) is -1.16. The zero-order chi connectivity index (χ0) is 44.2. The minimum Gasteiger partial charge on any atom is -0.361 e. The molecule has 0 aromatic carbocycles. The number of alkyl halides is 6. The fourth-order valence-corrected chi connectivity index (χ4v) is 8.14. The third-order valence-corrected chi connectivity index (χ3v) is 12.4. The van der Waals surface area contributed by atoms with Crippen molar-refractivity contribution in [2.45, 2.75) is 98.4 Å². The topological polar surface area (TPSA) is 156 Å². The van der Waals surface area contributed by atoms with Crippen LogP contribution in [-0.2, 0) is 37.4 Å². The summed E-state index contributed by atoms with van der Waals surface area (Å²) in [6.45, 7) is 9.44. The van der Waals surface area contributed by atoms with Gasteiger partial charge < -0.3 is 34.7 Å². The number of amides is 2. The van der Waals surface area contributed by atoms with E-state index in [-0.39, 0.29) is 14.9 Å². The second-order valence-electron chi connectivity index (χ2n) is 16.4. The van der Waals surface area contributed by atoms with Crippen molar-refractivity contribution in [3.63, 3.8) is 0 Å². The van der Waals surface area contributed by atoms with E-state index in [0.717, 1.165) is 68.8 Å². The van der Waals surface area contributed by atoms with Crippen LogP contribution >= 0.6 is 0 Å². The van der Waals surface area contributed by atoms with Gasteiger partial charge in [0, 0.05) is 77.0 Å². The number of ether oxygens (including phenoxy) is 1. The average molecular weight is 919 g/mol. The van der Waals surface area contributed by atoms with Crippen LogP contribution in [0.15, 0.2) is 61.7 Å². The highest BCUT2D eigenvalue weighted by molar-refractivity contribution is 6.76. The third-order valence-electron chi connectivity index (χ3n) is 10.7. The molecule has 0 spiro atoms. The first-order valence-corrected chi connectivity index (χ1v) is 23.9. The summed E-state index contributed by atoms with van der Waals surface area (Å²) in [5.74, 6) is 1.52. The number of nitrogens with one attached hydrogen (secondary N) is 3. The summed E-state index contributed by atoms with van der Waals surface area (Å²) in [6.07, 6.45) is 0.623. The van der Waals surface area contributed by atoms with E-state index in [1.165, 1.54) is 21.8 Å². The third kappa shape index (κ3) is 12.0. The molecule has 2 aliphatic heterocycles. The monoisotopic (exact) mass is 918 g/mol. The lowest BCUT2D eigenvalue weighted by atomic mass is 10.1. The van der Waals surface area contributed by atoms with Gasteiger partial charge in [0.1, 0.15) is 42.3 Å². The van der Waals surface area contributed by atoms with Crippen LogP contribution in [-0.4, -0.2) is 104 Å².